The first kappa shape index (κ1) is 17.5. The molecular formula is C17H14BrN3O3S. The number of para-hydroxylation sites is 1. The summed E-state index contributed by atoms with van der Waals surface area (Å²) in [6.45, 7) is 1.72. The lowest BCUT2D eigenvalue weighted by molar-refractivity contribution is -0.705. The smallest absolute Gasteiger partial charge is 0.298 e. The maximum absolute atomic E-state index is 12.4. The largest absolute Gasteiger partial charge is 0.538 e. The number of amides is 1. The van der Waals surface area contributed by atoms with E-state index in [9.17, 15) is 9.90 Å². The fourth-order valence-corrected chi connectivity index (χ4v) is 3.21. The SMILES string of the molecule is CC(Sc1c([O-])on[n+]1-c1ccccc1)C(=O)Nc1ccc(Br)cc1. The second-order valence-electron chi connectivity index (χ2n) is 5.17. The molecule has 0 aliphatic rings. The molecule has 1 unspecified atom stereocenters. The third kappa shape index (κ3) is 4.21. The molecule has 1 atom stereocenters. The molecule has 0 aliphatic heterocycles. The van der Waals surface area contributed by atoms with Gasteiger partial charge in [0.05, 0.1) is 10.5 Å². The molecule has 6 nitrogen and oxygen atoms in total. The summed E-state index contributed by atoms with van der Waals surface area (Å²) in [7, 11) is 0. The first-order valence-electron chi connectivity index (χ1n) is 7.42. The van der Waals surface area contributed by atoms with Crippen LogP contribution in [-0.2, 0) is 4.79 Å². The van der Waals surface area contributed by atoms with Crippen LogP contribution >= 0.6 is 27.7 Å². The summed E-state index contributed by atoms with van der Waals surface area (Å²) in [5.41, 5.74) is 1.38. The molecule has 0 saturated carbocycles. The minimum atomic E-state index is -0.572. The molecule has 1 N–H and O–H groups in total. The molecule has 3 rings (SSSR count). The predicted octanol–water partition coefficient (Wildman–Crippen LogP) is 2.91. The topological polar surface area (TPSA) is 82.1 Å². The average molecular weight is 420 g/mol. The Balaban J connectivity index is 1.74. The molecule has 0 aliphatic carbocycles. The maximum Gasteiger partial charge on any atom is 0.298 e. The van der Waals surface area contributed by atoms with Gasteiger partial charge in [0, 0.05) is 22.3 Å². The monoisotopic (exact) mass is 419 g/mol. The molecule has 0 bridgehead atoms. The summed E-state index contributed by atoms with van der Waals surface area (Å²) in [5.74, 6) is -0.787. The Hall–Kier alpha value is -2.32. The first-order valence-corrected chi connectivity index (χ1v) is 9.09. The number of hydrogen-bond acceptors (Lipinski definition) is 5. The van der Waals surface area contributed by atoms with E-state index in [0.717, 1.165) is 16.2 Å². The first-order chi connectivity index (χ1) is 12.0. The molecule has 0 spiro atoms. The summed E-state index contributed by atoms with van der Waals surface area (Å²) in [5, 5.41) is 18.3. The van der Waals surface area contributed by atoms with Crippen LogP contribution in [0.15, 0.2) is 68.6 Å². The minimum absolute atomic E-state index is 0.215. The van der Waals surface area contributed by atoms with E-state index in [4.69, 9.17) is 4.52 Å². The van der Waals surface area contributed by atoms with E-state index >= 15 is 0 Å². The summed E-state index contributed by atoms with van der Waals surface area (Å²) in [4.78, 5) is 12.4. The van der Waals surface area contributed by atoms with Crippen LogP contribution < -0.4 is 15.1 Å². The lowest BCUT2D eigenvalue weighted by Gasteiger charge is -2.10. The van der Waals surface area contributed by atoms with E-state index in [0.29, 0.717) is 11.4 Å². The highest BCUT2D eigenvalue weighted by atomic mass is 79.9. The van der Waals surface area contributed by atoms with Gasteiger partial charge in [-0.3, -0.25) is 4.79 Å². The van der Waals surface area contributed by atoms with Crippen molar-refractivity contribution < 1.29 is 19.1 Å². The Morgan fingerprint density at radius 2 is 1.92 bits per heavy atom. The van der Waals surface area contributed by atoms with Crippen molar-refractivity contribution in [2.45, 2.75) is 17.2 Å². The quantitative estimate of drug-likeness (QED) is 0.507. The fourth-order valence-electron chi connectivity index (χ4n) is 2.07. The second-order valence-corrected chi connectivity index (χ2v) is 7.41. The Labute approximate surface area is 157 Å². The molecule has 1 heterocycles. The van der Waals surface area contributed by atoms with Crippen molar-refractivity contribution in [1.82, 2.24) is 5.27 Å². The van der Waals surface area contributed by atoms with Crippen molar-refractivity contribution in [2.24, 2.45) is 0 Å². The van der Waals surface area contributed by atoms with Crippen LogP contribution in [0.4, 0.5) is 5.69 Å². The predicted molar refractivity (Wildman–Crippen MR) is 95.6 cm³/mol. The lowest BCUT2D eigenvalue weighted by atomic mass is 10.3. The number of nitrogens with zero attached hydrogens (tertiary/aromatic N) is 2. The van der Waals surface area contributed by atoms with Crippen molar-refractivity contribution >= 4 is 39.3 Å². The third-order valence-electron chi connectivity index (χ3n) is 3.34. The van der Waals surface area contributed by atoms with Crippen LogP contribution in [0, 0.1) is 0 Å². The number of carbonyl (C=O) groups is 1. The average Bonchev–Trinajstić information content (AvgIpc) is 2.98. The minimum Gasteiger partial charge on any atom is -0.538 e. The molecule has 25 heavy (non-hydrogen) atoms. The number of halogens is 1. The van der Waals surface area contributed by atoms with Gasteiger partial charge in [-0.2, -0.15) is 0 Å². The Bertz CT molecular complexity index is 869. The molecule has 0 fully saturated rings. The van der Waals surface area contributed by atoms with Crippen molar-refractivity contribution in [1.29, 1.82) is 0 Å². The van der Waals surface area contributed by atoms with Crippen LogP contribution in [0.1, 0.15) is 6.92 Å². The second kappa shape index (κ2) is 7.71. The number of carbonyl (C=O) groups excluding carboxylic acids is 1. The highest BCUT2D eigenvalue weighted by Crippen LogP contribution is 2.28. The van der Waals surface area contributed by atoms with Gasteiger partial charge < -0.3 is 14.9 Å². The number of rotatable bonds is 5. The zero-order chi connectivity index (χ0) is 17.8. The van der Waals surface area contributed by atoms with Crippen LogP contribution in [0.5, 0.6) is 5.95 Å². The number of thioether (sulfide) groups is 1. The molecule has 0 radical (unpaired) electrons. The van der Waals surface area contributed by atoms with Crippen LogP contribution in [0.2, 0.25) is 0 Å². The van der Waals surface area contributed by atoms with Gasteiger partial charge in [-0.1, -0.05) is 34.1 Å². The normalized spacial score (nSPS) is 11.9. The summed E-state index contributed by atoms with van der Waals surface area (Å²) < 4.78 is 7.09. The van der Waals surface area contributed by atoms with Crippen LogP contribution in [0.3, 0.4) is 0 Å². The summed E-state index contributed by atoms with van der Waals surface area (Å²) >= 11 is 4.45. The number of anilines is 1. The van der Waals surface area contributed by atoms with Crippen molar-refractivity contribution in [3.05, 3.63) is 59.1 Å². The molecular weight excluding hydrogens is 406 g/mol. The molecule has 128 valence electrons. The highest BCUT2D eigenvalue weighted by molar-refractivity contribution is 9.10. The third-order valence-corrected chi connectivity index (χ3v) is 5.00. The molecule has 3 aromatic rings. The van der Waals surface area contributed by atoms with Gasteiger partial charge in [-0.15, -0.1) is 0 Å². The van der Waals surface area contributed by atoms with E-state index in [1.807, 2.05) is 30.3 Å². The van der Waals surface area contributed by atoms with Gasteiger partial charge in [0.15, 0.2) is 5.95 Å². The molecule has 1 amide bonds. The van der Waals surface area contributed by atoms with Gasteiger partial charge in [-0.05, 0) is 47.6 Å². The molecule has 8 heteroatoms. The van der Waals surface area contributed by atoms with Gasteiger partial charge in [-0.25, -0.2) is 0 Å². The van der Waals surface area contributed by atoms with Crippen molar-refractivity contribution in [3.8, 4) is 11.6 Å². The number of aromatic nitrogens is 2. The standard InChI is InChI=1S/C17H14BrN3O3S/c1-11(15(22)19-13-9-7-12(18)8-10-13)25-16-17(23)24-20-21(16)14-5-3-2-4-6-14/h2-11H,1H3,(H-,19,20,22,23). The van der Waals surface area contributed by atoms with Crippen LogP contribution in [0.25, 0.3) is 5.69 Å². The molecule has 2 aromatic carbocycles. The van der Waals surface area contributed by atoms with Crippen LogP contribution in [-0.4, -0.2) is 16.4 Å². The molecule has 0 saturated heterocycles. The Morgan fingerprint density at radius 3 is 2.60 bits per heavy atom. The maximum atomic E-state index is 12.4. The van der Waals surface area contributed by atoms with E-state index in [-0.39, 0.29) is 10.9 Å². The number of hydrogen-bond donors (Lipinski definition) is 1. The van der Waals surface area contributed by atoms with Crippen molar-refractivity contribution in [2.75, 3.05) is 5.32 Å². The Morgan fingerprint density at radius 1 is 1.24 bits per heavy atom. The lowest BCUT2D eigenvalue weighted by Crippen LogP contribution is -2.36. The van der Waals surface area contributed by atoms with Gasteiger partial charge in [0.1, 0.15) is 0 Å². The summed E-state index contributed by atoms with van der Waals surface area (Å²) in [6.07, 6.45) is 0. The highest BCUT2D eigenvalue weighted by Gasteiger charge is 2.26. The van der Waals surface area contributed by atoms with Crippen molar-refractivity contribution in [3.63, 3.8) is 0 Å². The van der Waals surface area contributed by atoms with Gasteiger partial charge in [0.2, 0.25) is 11.6 Å². The van der Waals surface area contributed by atoms with E-state index in [1.165, 1.54) is 4.68 Å². The molecule has 1 aromatic heterocycles. The van der Waals surface area contributed by atoms with Gasteiger partial charge in [0.25, 0.3) is 5.03 Å². The Kier molecular flexibility index (Phi) is 5.40. The fraction of sp³-hybridized carbons (Fsp3) is 0.118. The van der Waals surface area contributed by atoms with Gasteiger partial charge >= 0.3 is 0 Å². The zero-order valence-electron chi connectivity index (χ0n) is 13.2. The van der Waals surface area contributed by atoms with E-state index in [1.54, 1.807) is 31.2 Å². The van der Waals surface area contributed by atoms with E-state index < -0.39 is 11.2 Å². The number of nitrogens with one attached hydrogen (secondary N) is 1. The number of benzene rings is 2. The summed E-state index contributed by atoms with van der Waals surface area (Å²) in [6, 6.07) is 16.4. The zero-order valence-corrected chi connectivity index (χ0v) is 15.6. The van der Waals surface area contributed by atoms with E-state index in [2.05, 4.69) is 26.5 Å².